The normalized spacial score (nSPS) is 10.9. The van der Waals surface area contributed by atoms with Crippen molar-refractivity contribution in [3.05, 3.63) is 46.8 Å². The molecule has 1 aromatic carbocycles. The Labute approximate surface area is 127 Å². The molecule has 0 aliphatic heterocycles. The Kier molecular flexibility index (Phi) is 5.39. The van der Waals surface area contributed by atoms with Crippen LogP contribution >= 0.6 is 0 Å². The van der Waals surface area contributed by atoms with Crippen molar-refractivity contribution in [2.45, 2.75) is 40.3 Å². The van der Waals surface area contributed by atoms with E-state index in [-0.39, 0.29) is 0 Å². The zero-order chi connectivity index (χ0) is 15.2. The maximum absolute atomic E-state index is 5.95. The number of nitrogens with zero attached hydrogens (tertiary/aromatic N) is 2. The Morgan fingerprint density at radius 1 is 1.24 bits per heavy atom. The van der Waals surface area contributed by atoms with Gasteiger partial charge in [0.05, 0.1) is 5.69 Å². The van der Waals surface area contributed by atoms with Gasteiger partial charge in [-0.1, -0.05) is 31.2 Å². The second-order valence-electron chi connectivity index (χ2n) is 5.41. The third-order valence-corrected chi connectivity index (χ3v) is 3.57. The number of benzene rings is 1. The van der Waals surface area contributed by atoms with Gasteiger partial charge < -0.3 is 10.1 Å². The van der Waals surface area contributed by atoms with Gasteiger partial charge in [0, 0.05) is 13.6 Å². The highest BCUT2D eigenvalue weighted by Crippen LogP contribution is 2.22. The van der Waals surface area contributed by atoms with E-state index < -0.39 is 0 Å². The summed E-state index contributed by atoms with van der Waals surface area (Å²) in [5, 5.41) is 7.79. The smallest absolute Gasteiger partial charge is 0.163 e. The summed E-state index contributed by atoms with van der Waals surface area (Å²) < 4.78 is 7.81. The highest BCUT2D eigenvalue weighted by atomic mass is 16.5. The van der Waals surface area contributed by atoms with Crippen LogP contribution in [0.15, 0.2) is 24.3 Å². The van der Waals surface area contributed by atoms with Crippen LogP contribution in [0.5, 0.6) is 5.75 Å². The van der Waals surface area contributed by atoms with E-state index in [0.717, 1.165) is 36.6 Å². The van der Waals surface area contributed by atoms with Gasteiger partial charge in [0.1, 0.15) is 12.3 Å². The molecule has 0 atom stereocenters. The van der Waals surface area contributed by atoms with Crippen LogP contribution in [-0.4, -0.2) is 16.3 Å². The van der Waals surface area contributed by atoms with E-state index in [1.54, 1.807) is 0 Å². The maximum Gasteiger partial charge on any atom is 0.163 e. The molecule has 1 N–H and O–H groups in total. The van der Waals surface area contributed by atoms with E-state index in [1.165, 1.54) is 11.1 Å². The van der Waals surface area contributed by atoms with E-state index in [0.29, 0.717) is 6.61 Å². The summed E-state index contributed by atoms with van der Waals surface area (Å²) in [7, 11) is 1.94. The molecule has 114 valence electrons. The Balaban J connectivity index is 1.98. The molecule has 0 fully saturated rings. The minimum absolute atomic E-state index is 0.578. The average molecular weight is 287 g/mol. The standard InChI is InChI=1S/C17H25N3O/c1-5-9-18-11-15-7-6-8-16(10-15)12-21-17-13(2)19-20(4)14(17)3/h6-8,10,18H,5,9,11-12H2,1-4H3. The van der Waals surface area contributed by atoms with Crippen LogP contribution in [0.1, 0.15) is 35.9 Å². The molecule has 2 aromatic rings. The zero-order valence-electron chi connectivity index (χ0n) is 13.4. The fourth-order valence-corrected chi connectivity index (χ4v) is 2.36. The molecule has 2 rings (SSSR count). The van der Waals surface area contributed by atoms with Gasteiger partial charge in [0.15, 0.2) is 5.75 Å². The topological polar surface area (TPSA) is 39.1 Å². The lowest BCUT2D eigenvalue weighted by Gasteiger charge is -2.09. The summed E-state index contributed by atoms with van der Waals surface area (Å²) >= 11 is 0. The third kappa shape index (κ3) is 4.08. The molecule has 21 heavy (non-hydrogen) atoms. The highest BCUT2D eigenvalue weighted by molar-refractivity contribution is 5.32. The van der Waals surface area contributed by atoms with Crippen LogP contribution in [-0.2, 0) is 20.2 Å². The first-order valence-electron chi connectivity index (χ1n) is 7.53. The number of hydrogen-bond donors (Lipinski definition) is 1. The van der Waals surface area contributed by atoms with E-state index >= 15 is 0 Å². The van der Waals surface area contributed by atoms with Gasteiger partial charge in [-0.3, -0.25) is 4.68 Å². The zero-order valence-corrected chi connectivity index (χ0v) is 13.4. The predicted molar refractivity (Wildman–Crippen MR) is 85.5 cm³/mol. The Morgan fingerprint density at radius 3 is 2.67 bits per heavy atom. The molecule has 0 amide bonds. The molecule has 0 unspecified atom stereocenters. The second-order valence-corrected chi connectivity index (χ2v) is 5.41. The summed E-state index contributed by atoms with van der Waals surface area (Å²) in [6.45, 7) is 8.72. The van der Waals surface area contributed by atoms with Crippen LogP contribution in [0.2, 0.25) is 0 Å². The molecule has 0 saturated heterocycles. The fourth-order valence-electron chi connectivity index (χ4n) is 2.36. The second kappa shape index (κ2) is 7.27. The molecule has 0 bridgehead atoms. The van der Waals surface area contributed by atoms with E-state index in [2.05, 4.69) is 41.6 Å². The van der Waals surface area contributed by atoms with Crippen LogP contribution in [0.25, 0.3) is 0 Å². The molecule has 0 aliphatic carbocycles. The first-order chi connectivity index (χ1) is 10.1. The van der Waals surface area contributed by atoms with E-state index in [1.807, 2.05) is 25.6 Å². The quantitative estimate of drug-likeness (QED) is 0.795. The van der Waals surface area contributed by atoms with Crippen molar-refractivity contribution in [3.63, 3.8) is 0 Å². The average Bonchev–Trinajstić information content (AvgIpc) is 2.71. The molecule has 0 saturated carbocycles. The number of nitrogens with one attached hydrogen (secondary N) is 1. The molecular weight excluding hydrogens is 262 g/mol. The minimum atomic E-state index is 0.578. The summed E-state index contributed by atoms with van der Waals surface area (Å²) in [6, 6.07) is 8.53. The van der Waals surface area contributed by atoms with E-state index in [9.17, 15) is 0 Å². The number of aryl methyl sites for hydroxylation is 2. The van der Waals surface area contributed by atoms with Gasteiger partial charge in [0.2, 0.25) is 0 Å². The van der Waals surface area contributed by atoms with Gasteiger partial charge in [-0.15, -0.1) is 0 Å². The predicted octanol–water partition coefficient (Wildman–Crippen LogP) is 3.12. The molecule has 4 nitrogen and oxygen atoms in total. The Morgan fingerprint density at radius 2 is 2.00 bits per heavy atom. The Bertz CT molecular complexity index is 590. The summed E-state index contributed by atoms with van der Waals surface area (Å²) in [6.07, 6.45) is 1.16. The summed E-state index contributed by atoms with van der Waals surface area (Å²) in [5.41, 5.74) is 4.49. The SMILES string of the molecule is CCCNCc1cccc(COc2c(C)nn(C)c2C)c1. The fraction of sp³-hybridized carbons (Fsp3) is 0.471. The molecule has 1 aromatic heterocycles. The molecule has 0 aliphatic rings. The van der Waals surface area contributed by atoms with Crippen molar-refractivity contribution in [2.75, 3.05) is 6.54 Å². The van der Waals surface area contributed by atoms with Gasteiger partial charge in [0.25, 0.3) is 0 Å². The van der Waals surface area contributed by atoms with E-state index in [4.69, 9.17) is 4.74 Å². The third-order valence-electron chi connectivity index (χ3n) is 3.57. The van der Waals surface area contributed by atoms with Gasteiger partial charge >= 0.3 is 0 Å². The summed E-state index contributed by atoms with van der Waals surface area (Å²) in [5.74, 6) is 0.895. The maximum atomic E-state index is 5.95. The van der Waals surface area contributed by atoms with Crippen molar-refractivity contribution < 1.29 is 4.74 Å². The van der Waals surface area contributed by atoms with Crippen molar-refractivity contribution in [3.8, 4) is 5.75 Å². The number of aromatic nitrogens is 2. The summed E-state index contributed by atoms with van der Waals surface area (Å²) in [4.78, 5) is 0. The van der Waals surface area contributed by atoms with Gasteiger partial charge in [-0.05, 0) is 37.9 Å². The monoisotopic (exact) mass is 287 g/mol. The highest BCUT2D eigenvalue weighted by Gasteiger charge is 2.10. The lowest BCUT2D eigenvalue weighted by atomic mass is 10.1. The van der Waals surface area contributed by atoms with Gasteiger partial charge in [-0.25, -0.2) is 0 Å². The van der Waals surface area contributed by atoms with Crippen LogP contribution in [0.3, 0.4) is 0 Å². The van der Waals surface area contributed by atoms with Crippen molar-refractivity contribution >= 4 is 0 Å². The largest absolute Gasteiger partial charge is 0.485 e. The lowest BCUT2D eigenvalue weighted by Crippen LogP contribution is -2.13. The number of ether oxygens (including phenoxy) is 1. The Hall–Kier alpha value is -1.81. The molecule has 1 heterocycles. The van der Waals surface area contributed by atoms with Crippen LogP contribution in [0.4, 0.5) is 0 Å². The first-order valence-corrected chi connectivity index (χ1v) is 7.53. The molecule has 0 spiro atoms. The van der Waals surface area contributed by atoms with Crippen LogP contribution in [0, 0.1) is 13.8 Å². The van der Waals surface area contributed by atoms with Crippen molar-refractivity contribution in [1.82, 2.24) is 15.1 Å². The van der Waals surface area contributed by atoms with Crippen LogP contribution < -0.4 is 10.1 Å². The van der Waals surface area contributed by atoms with Crippen molar-refractivity contribution in [2.24, 2.45) is 7.05 Å². The molecular formula is C17H25N3O. The van der Waals surface area contributed by atoms with Crippen molar-refractivity contribution in [1.29, 1.82) is 0 Å². The van der Waals surface area contributed by atoms with Gasteiger partial charge in [-0.2, -0.15) is 5.10 Å². The minimum Gasteiger partial charge on any atom is -0.485 e. The molecule has 0 radical (unpaired) electrons. The lowest BCUT2D eigenvalue weighted by molar-refractivity contribution is 0.301. The molecule has 4 heteroatoms. The first kappa shape index (κ1) is 15.6. The number of hydrogen-bond acceptors (Lipinski definition) is 3. The number of rotatable bonds is 7.